The molecule has 0 aliphatic heterocycles. The first-order valence-electron chi connectivity index (χ1n) is 2.98. The van der Waals surface area contributed by atoms with Gasteiger partial charge in [0.25, 0.3) is 0 Å². The largest absolute Gasteiger partial charge is 0.480 e. The van der Waals surface area contributed by atoms with Crippen LogP contribution in [0.4, 0.5) is 0 Å². The zero-order valence-corrected chi connectivity index (χ0v) is 6.03. The number of carboxylic acid groups (broad SMARTS) is 1. The minimum atomic E-state index is -0.952. The number of aliphatic carboxylic acids is 1. The molecule has 56 valence electrons. The quantitative estimate of drug-likeness (QED) is 0.453. The van der Waals surface area contributed by atoms with Crippen LogP contribution in [0.1, 0.15) is 13.3 Å². The Morgan fingerprint density at radius 2 is 2.40 bits per heavy atom. The van der Waals surface area contributed by atoms with Gasteiger partial charge in [-0.2, -0.15) is 5.26 Å². The number of nitriles is 1. The molecule has 0 amide bonds. The molecule has 0 aromatic rings. The van der Waals surface area contributed by atoms with Crippen molar-refractivity contribution < 1.29 is 9.90 Å². The maximum atomic E-state index is 10.3. The van der Waals surface area contributed by atoms with Crippen molar-refractivity contribution in [2.24, 2.45) is 0 Å². The highest BCUT2D eigenvalue weighted by molar-refractivity contribution is 5.73. The molecule has 0 spiro atoms. The molecule has 0 aliphatic rings. The van der Waals surface area contributed by atoms with Crippen molar-refractivity contribution in [3.8, 4) is 6.19 Å². The molecule has 0 radical (unpaired) electrons. The summed E-state index contributed by atoms with van der Waals surface area (Å²) in [6.45, 7) is 1.73. The van der Waals surface area contributed by atoms with Crippen LogP contribution in [0.5, 0.6) is 0 Å². The van der Waals surface area contributed by atoms with Gasteiger partial charge in [0.1, 0.15) is 6.04 Å². The minimum absolute atomic E-state index is 0.444. The predicted octanol–water partition coefficient (Wildman–Crippen LogP) is 0.262. The summed E-state index contributed by atoms with van der Waals surface area (Å²) in [5.74, 6) is -0.952. The summed E-state index contributed by atoms with van der Waals surface area (Å²) < 4.78 is 0. The maximum absolute atomic E-state index is 10.3. The van der Waals surface area contributed by atoms with Gasteiger partial charge in [0.2, 0.25) is 0 Å². The van der Waals surface area contributed by atoms with Crippen LogP contribution in [0.15, 0.2) is 0 Å². The fourth-order valence-corrected chi connectivity index (χ4v) is 0.684. The molecule has 4 nitrogen and oxygen atoms in total. The summed E-state index contributed by atoms with van der Waals surface area (Å²) in [5, 5.41) is 16.8. The van der Waals surface area contributed by atoms with E-state index in [1.165, 1.54) is 7.05 Å². The molecule has 0 saturated carbocycles. The first-order valence-corrected chi connectivity index (χ1v) is 2.98. The smallest absolute Gasteiger partial charge is 0.327 e. The van der Waals surface area contributed by atoms with Crippen LogP contribution in [0.3, 0.4) is 0 Å². The van der Waals surface area contributed by atoms with E-state index < -0.39 is 12.0 Å². The first kappa shape index (κ1) is 8.76. The maximum Gasteiger partial charge on any atom is 0.327 e. The third-order valence-electron chi connectivity index (χ3n) is 1.30. The molecule has 0 heterocycles. The Morgan fingerprint density at radius 1 is 1.90 bits per heavy atom. The van der Waals surface area contributed by atoms with Crippen LogP contribution < -0.4 is 0 Å². The Morgan fingerprint density at radius 3 is 2.50 bits per heavy atom. The van der Waals surface area contributed by atoms with E-state index in [0.29, 0.717) is 6.42 Å². The lowest BCUT2D eigenvalue weighted by atomic mass is 10.2. The highest BCUT2D eigenvalue weighted by Gasteiger charge is 2.18. The van der Waals surface area contributed by atoms with Crippen molar-refractivity contribution in [1.82, 2.24) is 4.90 Å². The molecule has 0 aromatic carbocycles. The lowest BCUT2D eigenvalue weighted by Crippen LogP contribution is -2.34. The van der Waals surface area contributed by atoms with Gasteiger partial charge < -0.3 is 5.11 Å². The topological polar surface area (TPSA) is 64.3 Å². The number of likely N-dealkylation sites (N-methyl/N-ethyl adjacent to an activating group) is 1. The summed E-state index contributed by atoms with van der Waals surface area (Å²) in [5.41, 5.74) is 0. The molecule has 0 rings (SSSR count). The van der Waals surface area contributed by atoms with E-state index in [9.17, 15) is 4.79 Å². The SMILES string of the molecule is CCC(C(=O)O)N(C)C#N. The number of carboxylic acids is 1. The van der Waals surface area contributed by atoms with Crippen LogP contribution in [0.2, 0.25) is 0 Å². The van der Waals surface area contributed by atoms with Gasteiger partial charge in [-0.3, -0.25) is 4.90 Å². The molecular weight excluding hydrogens is 132 g/mol. The Hall–Kier alpha value is -1.24. The normalized spacial score (nSPS) is 11.7. The van der Waals surface area contributed by atoms with Gasteiger partial charge in [-0.25, -0.2) is 4.79 Å². The lowest BCUT2D eigenvalue weighted by Gasteiger charge is -2.15. The van der Waals surface area contributed by atoms with Crippen LogP contribution >= 0.6 is 0 Å². The van der Waals surface area contributed by atoms with Gasteiger partial charge in [-0.1, -0.05) is 6.92 Å². The second-order valence-corrected chi connectivity index (χ2v) is 1.97. The molecular formula is C6H10N2O2. The summed E-state index contributed by atoms with van der Waals surface area (Å²) in [6, 6.07) is -0.676. The molecule has 4 heteroatoms. The number of nitrogens with zero attached hydrogens (tertiary/aromatic N) is 2. The van der Waals surface area contributed by atoms with E-state index in [1.807, 2.05) is 0 Å². The van der Waals surface area contributed by atoms with Crippen LogP contribution in [-0.4, -0.2) is 29.1 Å². The number of carbonyl (C=O) groups is 1. The molecule has 0 bridgehead atoms. The van der Waals surface area contributed by atoms with Crippen molar-refractivity contribution in [2.75, 3.05) is 7.05 Å². The second-order valence-electron chi connectivity index (χ2n) is 1.97. The van der Waals surface area contributed by atoms with Gasteiger partial charge in [-0.05, 0) is 6.42 Å². The zero-order valence-electron chi connectivity index (χ0n) is 6.03. The average molecular weight is 142 g/mol. The van der Waals surface area contributed by atoms with Crippen molar-refractivity contribution in [2.45, 2.75) is 19.4 Å². The highest BCUT2D eigenvalue weighted by atomic mass is 16.4. The first-order chi connectivity index (χ1) is 4.63. The van der Waals surface area contributed by atoms with E-state index in [-0.39, 0.29) is 0 Å². The third-order valence-corrected chi connectivity index (χ3v) is 1.30. The number of hydrogen-bond donors (Lipinski definition) is 1. The molecule has 0 fully saturated rings. The average Bonchev–Trinajstić information content (AvgIpc) is 1.88. The van der Waals surface area contributed by atoms with Crippen molar-refractivity contribution in [1.29, 1.82) is 5.26 Å². The Kier molecular flexibility index (Phi) is 3.26. The van der Waals surface area contributed by atoms with E-state index in [1.54, 1.807) is 13.1 Å². The third kappa shape index (κ3) is 1.94. The van der Waals surface area contributed by atoms with Gasteiger partial charge >= 0.3 is 5.97 Å². The molecule has 10 heavy (non-hydrogen) atoms. The molecule has 1 unspecified atom stereocenters. The molecule has 0 aromatic heterocycles. The Bertz CT molecular complexity index is 162. The van der Waals surface area contributed by atoms with Crippen molar-refractivity contribution in [3.63, 3.8) is 0 Å². The van der Waals surface area contributed by atoms with Crippen LogP contribution in [0, 0.1) is 11.5 Å². The van der Waals surface area contributed by atoms with Crippen molar-refractivity contribution in [3.05, 3.63) is 0 Å². The fourth-order valence-electron chi connectivity index (χ4n) is 0.684. The summed E-state index contributed by atoms with van der Waals surface area (Å²) in [6.07, 6.45) is 2.19. The standard InChI is InChI=1S/C6H10N2O2/c1-3-5(6(9)10)8(2)4-7/h5H,3H2,1-2H3,(H,9,10). The van der Waals surface area contributed by atoms with E-state index in [0.717, 1.165) is 4.90 Å². The zero-order chi connectivity index (χ0) is 8.15. The lowest BCUT2D eigenvalue weighted by molar-refractivity contribution is -0.141. The van der Waals surface area contributed by atoms with Crippen LogP contribution in [0.25, 0.3) is 0 Å². The predicted molar refractivity (Wildman–Crippen MR) is 35.1 cm³/mol. The molecule has 0 aliphatic carbocycles. The van der Waals surface area contributed by atoms with Gasteiger partial charge in [0.05, 0.1) is 0 Å². The monoisotopic (exact) mass is 142 g/mol. The number of hydrogen-bond acceptors (Lipinski definition) is 3. The molecule has 1 atom stereocenters. The van der Waals surface area contributed by atoms with Gasteiger partial charge in [0.15, 0.2) is 6.19 Å². The van der Waals surface area contributed by atoms with Crippen molar-refractivity contribution >= 4 is 5.97 Å². The summed E-state index contributed by atoms with van der Waals surface area (Å²) in [7, 11) is 1.46. The molecule has 0 saturated heterocycles. The van der Waals surface area contributed by atoms with E-state index >= 15 is 0 Å². The van der Waals surface area contributed by atoms with Gasteiger partial charge in [0, 0.05) is 7.05 Å². The second kappa shape index (κ2) is 3.72. The Balaban J connectivity index is 4.09. The summed E-state index contributed by atoms with van der Waals surface area (Å²) >= 11 is 0. The van der Waals surface area contributed by atoms with Gasteiger partial charge in [-0.15, -0.1) is 0 Å². The van der Waals surface area contributed by atoms with E-state index in [2.05, 4.69) is 0 Å². The minimum Gasteiger partial charge on any atom is -0.480 e. The van der Waals surface area contributed by atoms with E-state index in [4.69, 9.17) is 10.4 Å². The Labute approximate surface area is 59.7 Å². The number of rotatable bonds is 3. The summed E-state index contributed by atoms with van der Waals surface area (Å²) in [4.78, 5) is 11.5. The fraction of sp³-hybridized carbons (Fsp3) is 0.667. The van der Waals surface area contributed by atoms with Crippen LogP contribution in [-0.2, 0) is 4.79 Å². The molecule has 1 N–H and O–H groups in total. The highest BCUT2D eigenvalue weighted by Crippen LogP contribution is 1.98.